The Balaban J connectivity index is 1.06. The van der Waals surface area contributed by atoms with Gasteiger partial charge in [-0.15, -0.1) is 0 Å². The lowest BCUT2D eigenvalue weighted by molar-refractivity contribution is 0.0626. The zero-order valence-corrected chi connectivity index (χ0v) is 21.1. The van der Waals surface area contributed by atoms with Gasteiger partial charge in [0.1, 0.15) is 48.8 Å². The van der Waals surface area contributed by atoms with Crippen LogP contribution in [0.4, 0.5) is 0 Å². The molecule has 0 saturated carbocycles. The fraction of sp³-hybridized carbons (Fsp3) is 0.121. The van der Waals surface area contributed by atoms with Crippen molar-refractivity contribution in [2.45, 2.75) is 6.10 Å². The summed E-state index contributed by atoms with van der Waals surface area (Å²) in [5.41, 5.74) is 4.54. The second-order valence-corrected chi connectivity index (χ2v) is 9.31. The zero-order chi connectivity index (χ0) is 26.6. The zero-order valence-electron chi connectivity index (χ0n) is 21.1. The molecule has 0 amide bonds. The second kappa shape index (κ2) is 10.9. The van der Waals surface area contributed by atoms with Crippen LogP contribution in [0.5, 0.6) is 17.2 Å². The number of fused-ring (bicyclic) bond motifs is 2. The summed E-state index contributed by atoms with van der Waals surface area (Å²) in [6, 6.07) is 32.2. The molecule has 1 aliphatic heterocycles. The summed E-state index contributed by atoms with van der Waals surface area (Å²) >= 11 is 0. The first-order valence-electron chi connectivity index (χ1n) is 12.7. The first kappa shape index (κ1) is 24.5. The molecule has 1 N–H and O–H groups in total. The van der Waals surface area contributed by atoms with Gasteiger partial charge in [0.05, 0.1) is 5.56 Å². The molecule has 2 heterocycles. The van der Waals surface area contributed by atoms with Crippen LogP contribution in [0, 0.1) is 0 Å². The monoisotopic (exact) mass is 518 g/mol. The van der Waals surface area contributed by atoms with E-state index in [1.165, 1.54) is 0 Å². The summed E-state index contributed by atoms with van der Waals surface area (Å²) < 4.78 is 23.0. The Morgan fingerprint density at radius 2 is 1.44 bits per heavy atom. The molecule has 4 aromatic carbocycles. The molecule has 0 radical (unpaired) electrons. The highest BCUT2D eigenvalue weighted by atomic mass is 16.5. The summed E-state index contributed by atoms with van der Waals surface area (Å²) in [5, 5.41) is 11.2. The standard InChI is InChI=1S/C33H26O6/c34-27(20-36-28-13-11-24-15-26(19-38-31(24)17-28)22-7-3-1-4-8-22)21-37-29-14-12-25-16-30(23-9-5-2-6-10-23)33(35)39-32(25)18-29/h1-18,27,34H,19-21H2. The van der Waals surface area contributed by atoms with Gasteiger partial charge in [-0.1, -0.05) is 60.7 Å². The van der Waals surface area contributed by atoms with Gasteiger partial charge in [0.15, 0.2) is 0 Å². The average molecular weight is 519 g/mol. The lowest BCUT2D eigenvalue weighted by atomic mass is 10.0. The smallest absolute Gasteiger partial charge is 0.344 e. The van der Waals surface area contributed by atoms with E-state index in [0.717, 1.165) is 33.4 Å². The molecular weight excluding hydrogens is 492 g/mol. The molecule has 0 aliphatic carbocycles. The molecule has 39 heavy (non-hydrogen) atoms. The van der Waals surface area contributed by atoms with Gasteiger partial charge in [-0.05, 0) is 53.1 Å². The van der Waals surface area contributed by atoms with Crippen molar-refractivity contribution in [2.24, 2.45) is 0 Å². The van der Waals surface area contributed by atoms with Crippen LogP contribution < -0.4 is 19.8 Å². The maximum absolute atomic E-state index is 12.5. The molecule has 0 bridgehead atoms. The predicted octanol–water partition coefficient (Wildman–Crippen LogP) is 6.21. The van der Waals surface area contributed by atoms with Gasteiger partial charge >= 0.3 is 5.63 Å². The molecule has 6 rings (SSSR count). The van der Waals surface area contributed by atoms with Crippen LogP contribution in [0.25, 0.3) is 33.7 Å². The van der Waals surface area contributed by atoms with Crippen molar-refractivity contribution in [3.63, 3.8) is 0 Å². The van der Waals surface area contributed by atoms with E-state index in [-0.39, 0.29) is 13.2 Å². The van der Waals surface area contributed by atoms with Gasteiger partial charge in [0.2, 0.25) is 0 Å². The van der Waals surface area contributed by atoms with E-state index in [4.69, 9.17) is 18.6 Å². The van der Waals surface area contributed by atoms with Gasteiger partial charge in [-0.2, -0.15) is 0 Å². The number of aliphatic hydroxyl groups excluding tert-OH is 1. The molecule has 1 aliphatic rings. The van der Waals surface area contributed by atoms with E-state index in [1.807, 2.05) is 78.9 Å². The Bertz CT molecular complexity index is 1690. The van der Waals surface area contributed by atoms with Crippen LogP contribution in [0.15, 0.2) is 112 Å². The summed E-state index contributed by atoms with van der Waals surface area (Å²) in [5.74, 6) is 1.83. The Morgan fingerprint density at radius 1 is 0.769 bits per heavy atom. The van der Waals surface area contributed by atoms with Crippen molar-refractivity contribution in [2.75, 3.05) is 19.8 Å². The second-order valence-electron chi connectivity index (χ2n) is 9.31. The van der Waals surface area contributed by atoms with Crippen molar-refractivity contribution in [3.05, 3.63) is 125 Å². The molecule has 194 valence electrons. The van der Waals surface area contributed by atoms with Crippen LogP contribution in [0.2, 0.25) is 0 Å². The molecule has 1 unspecified atom stereocenters. The van der Waals surface area contributed by atoms with E-state index < -0.39 is 11.7 Å². The maximum Gasteiger partial charge on any atom is 0.344 e. The van der Waals surface area contributed by atoms with Crippen LogP contribution in [-0.4, -0.2) is 31.0 Å². The average Bonchev–Trinajstić information content (AvgIpc) is 2.99. The number of benzene rings is 4. The first-order valence-corrected chi connectivity index (χ1v) is 12.7. The molecule has 0 spiro atoms. The van der Waals surface area contributed by atoms with Gasteiger partial charge in [-0.25, -0.2) is 4.79 Å². The molecule has 0 fully saturated rings. The van der Waals surface area contributed by atoms with E-state index in [1.54, 1.807) is 12.1 Å². The highest BCUT2D eigenvalue weighted by Gasteiger charge is 2.15. The highest BCUT2D eigenvalue weighted by Crippen LogP contribution is 2.33. The number of rotatable bonds is 8. The predicted molar refractivity (Wildman–Crippen MR) is 151 cm³/mol. The van der Waals surface area contributed by atoms with E-state index >= 15 is 0 Å². The Kier molecular flexibility index (Phi) is 6.85. The van der Waals surface area contributed by atoms with Crippen molar-refractivity contribution < 1.29 is 23.7 Å². The topological polar surface area (TPSA) is 78.1 Å². The number of hydrogen-bond donors (Lipinski definition) is 1. The van der Waals surface area contributed by atoms with Crippen LogP contribution in [0.1, 0.15) is 11.1 Å². The highest BCUT2D eigenvalue weighted by molar-refractivity contribution is 5.86. The quantitative estimate of drug-likeness (QED) is 0.246. The minimum Gasteiger partial charge on any atom is -0.491 e. The number of ether oxygens (including phenoxy) is 3. The molecule has 1 atom stereocenters. The minimum atomic E-state index is -0.866. The fourth-order valence-electron chi connectivity index (χ4n) is 4.49. The van der Waals surface area contributed by atoms with Gasteiger partial charge < -0.3 is 23.7 Å². The lowest BCUT2D eigenvalue weighted by Gasteiger charge is -2.20. The van der Waals surface area contributed by atoms with Crippen molar-refractivity contribution >= 4 is 22.6 Å². The van der Waals surface area contributed by atoms with Crippen LogP contribution >= 0.6 is 0 Å². The summed E-state index contributed by atoms with van der Waals surface area (Å²) in [7, 11) is 0. The SMILES string of the molecule is O=c1oc2cc(OCC(O)COc3ccc4c(c3)OCC(c3ccccc3)=C4)ccc2cc1-c1ccccc1. The third-order valence-corrected chi connectivity index (χ3v) is 6.52. The minimum absolute atomic E-state index is 0.0163. The summed E-state index contributed by atoms with van der Waals surface area (Å²) in [6.07, 6.45) is 1.25. The Morgan fingerprint density at radius 3 is 2.18 bits per heavy atom. The summed E-state index contributed by atoms with van der Waals surface area (Å²) in [6.45, 7) is 0.547. The molecule has 0 saturated heterocycles. The molecule has 6 heteroatoms. The van der Waals surface area contributed by atoms with E-state index in [2.05, 4.69) is 18.2 Å². The maximum atomic E-state index is 12.5. The molecule has 6 nitrogen and oxygen atoms in total. The Hall–Kier alpha value is -4.81. The Labute approximate surface area is 225 Å². The fourth-order valence-corrected chi connectivity index (χ4v) is 4.49. The van der Waals surface area contributed by atoms with Gasteiger partial charge in [-0.3, -0.25) is 0 Å². The molecular formula is C33H26O6. The largest absolute Gasteiger partial charge is 0.491 e. The summed E-state index contributed by atoms with van der Waals surface area (Å²) in [4.78, 5) is 12.5. The normalized spacial score (nSPS) is 13.2. The van der Waals surface area contributed by atoms with Gasteiger partial charge in [0.25, 0.3) is 0 Å². The van der Waals surface area contributed by atoms with Crippen LogP contribution in [-0.2, 0) is 0 Å². The van der Waals surface area contributed by atoms with Crippen LogP contribution in [0.3, 0.4) is 0 Å². The van der Waals surface area contributed by atoms with Crippen molar-refractivity contribution in [1.82, 2.24) is 0 Å². The lowest BCUT2D eigenvalue weighted by Crippen LogP contribution is -2.25. The third kappa shape index (κ3) is 5.56. The van der Waals surface area contributed by atoms with Crippen molar-refractivity contribution in [1.29, 1.82) is 0 Å². The molecule has 1 aromatic heterocycles. The van der Waals surface area contributed by atoms with Gasteiger partial charge in [0, 0.05) is 23.1 Å². The molecule has 5 aromatic rings. The third-order valence-electron chi connectivity index (χ3n) is 6.52. The first-order chi connectivity index (χ1) is 19.1. The number of hydrogen-bond acceptors (Lipinski definition) is 6. The van der Waals surface area contributed by atoms with E-state index in [0.29, 0.717) is 29.3 Å². The van der Waals surface area contributed by atoms with E-state index in [9.17, 15) is 9.90 Å². The van der Waals surface area contributed by atoms with Crippen molar-refractivity contribution in [3.8, 4) is 28.4 Å². The number of aliphatic hydroxyl groups is 1.